The van der Waals surface area contributed by atoms with E-state index in [-0.39, 0.29) is 6.03 Å². The zero-order valence-corrected chi connectivity index (χ0v) is 14.5. The Bertz CT molecular complexity index is 685. The van der Waals surface area contributed by atoms with Gasteiger partial charge >= 0.3 is 6.03 Å². The van der Waals surface area contributed by atoms with Crippen LogP contribution in [-0.2, 0) is 0 Å². The molecule has 1 aliphatic rings. The molecule has 25 heavy (non-hydrogen) atoms. The number of nitrogens with zero attached hydrogens (tertiary/aromatic N) is 2. The van der Waals surface area contributed by atoms with Crippen molar-refractivity contribution in [1.82, 2.24) is 9.80 Å². The van der Waals surface area contributed by atoms with Crippen molar-refractivity contribution in [3.63, 3.8) is 0 Å². The van der Waals surface area contributed by atoms with Gasteiger partial charge in [-0.1, -0.05) is 60.7 Å². The van der Waals surface area contributed by atoms with Crippen LogP contribution in [0.3, 0.4) is 0 Å². The van der Waals surface area contributed by atoms with Crippen molar-refractivity contribution in [3.8, 4) is 0 Å². The molecule has 1 aliphatic heterocycles. The predicted octanol–water partition coefficient (Wildman–Crippen LogP) is 3.94. The molecule has 2 aromatic carbocycles. The van der Waals surface area contributed by atoms with Gasteiger partial charge in [0.15, 0.2) is 0 Å². The summed E-state index contributed by atoms with van der Waals surface area (Å²) < 4.78 is 0. The summed E-state index contributed by atoms with van der Waals surface area (Å²) in [5.74, 6) is 0. The lowest BCUT2D eigenvalue weighted by atomic mass is 10.2. The van der Waals surface area contributed by atoms with Gasteiger partial charge in [-0.25, -0.2) is 4.79 Å². The molecule has 4 nitrogen and oxygen atoms in total. The predicted molar refractivity (Wildman–Crippen MR) is 104 cm³/mol. The molecule has 3 rings (SSSR count). The summed E-state index contributed by atoms with van der Waals surface area (Å²) in [5, 5.41) is 2.97. The van der Waals surface area contributed by atoms with E-state index in [0.717, 1.165) is 44.8 Å². The van der Waals surface area contributed by atoms with Gasteiger partial charge in [-0.3, -0.25) is 4.90 Å². The number of hydrogen-bond donors (Lipinski definition) is 1. The molecule has 0 saturated carbocycles. The third-order valence-corrected chi connectivity index (χ3v) is 4.37. The number of urea groups is 1. The second kappa shape index (κ2) is 9.04. The van der Waals surface area contributed by atoms with E-state index in [2.05, 4.69) is 46.6 Å². The Hall–Kier alpha value is -2.59. The number of amides is 2. The molecular weight excluding hydrogens is 310 g/mol. The summed E-state index contributed by atoms with van der Waals surface area (Å²) in [5.41, 5.74) is 2.07. The van der Waals surface area contributed by atoms with Crippen molar-refractivity contribution in [2.24, 2.45) is 0 Å². The Balaban J connectivity index is 1.47. The van der Waals surface area contributed by atoms with Crippen LogP contribution in [0.5, 0.6) is 0 Å². The Morgan fingerprint density at radius 3 is 2.40 bits per heavy atom. The van der Waals surface area contributed by atoms with Crippen LogP contribution >= 0.6 is 0 Å². The van der Waals surface area contributed by atoms with Crippen LogP contribution in [0.15, 0.2) is 66.7 Å². The average molecular weight is 335 g/mol. The number of anilines is 1. The highest BCUT2D eigenvalue weighted by atomic mass is 16.2. The fraction of sp³-hybridized carbons (Fsp3) is 0.286. The molecule has 0 aromatic heterocycles. The van der Waals surface area contributed by atoms with Gasteiger partial charge in [0.05, 0.1) is 0 Å². The highest BCUT2D eigenvalue weighted by Crippen LogP contribution is 2.09. The maximum absolute atomic E-state index is 12.4. The van der Waals surface area contributed by atoms with Crippen LogP contribution in [0.4, 0.5) is 10.5 Å². The minimum atomic E-state index is -0.00659. The number of carbonyl (C=O) groups excluding carboxylic acids is 1. The van der Waals surface area contributed by atoms with Crippen molar-refractivity contribution in [1.29, 1.82) is 0 Å². The highest BCUT2D eigenvalue weighted by molar-refractivity contribution is 5.89. The van der Waals surface area contributed by atoms with Gasteiger partial charge in [0.25, 0.3) is 0 Å². The summed E-state index contributed by atoms with van der Waals surface area (Å²) in [4.78, 5) is 16.7. The van der Waals surface area contributed by atoms with Gasteiger partial charge in [0.2, 0.25) is 0 Å². The van der Waals surface area contributed by atoms with Gasteiger partial charge in [-0.15, -0.1) is 0 Å². The van der Waals surface area contributed by atoms with Crippen LogP contribution in [0.2, 0.25) is 0 Å². The minimum absolute atomic E-state index is 0.00659. The number of benzene rings is 2. The molecule has 2 aromatic rings. The Morgan fingerprint density at radius 2 is 1.64 bits per heavy atom. The van der Waals surface area contributed by atoms with E-state index >= 15 is 0 Å². The second-order valence-electron chi connectivity index (χ2n) is 6.25. The Labute approximate surface area is 149 Å². The van der Waals surface area contributed by atoms with Crippen LogP contribution in [0.1, 0.15) is 12.0 Å². The maximum atomic E-state index is 12.4. The summed E-state index contributed by atoms with van der Waals surface area (Å²) in [6.07, 6.45) is 5.36. The first-order valence-electron chi connectivity index (χ1n) is 8.86. The molecule has 0 bridgehead atoms. The molecule has 0 aliphatic carbocycles. The van der Waals surface area contributed by atoms with Gasteiger partial charge in [0, 0.05) is 38.4 Å². The van der Waals surface area contributed by atoms with E-state index in [4.69, 9.17) is 0 Å². The molecule has 0 atom stereocenters. The third kappa shape index (κ3) is 5.47. The molecule has 1 heterocycles. The van der Waals surface area contributed by atoms with Crippen LogP contribution < -0.4 is 5.32 Å². The lowest BCUT2D eigenvalue weighted by Gasteiger charge is -2.21. The van der Waals surface area contributed by atoms with Crippen molar-refractivity contribution < 1.29 is 4.79 Å². The van der Waals surface area contributed by atoms with Gasteiger partial charge < -0.3 is 10.2 Å². The SMILES string of the molecule is O=C(Nc1ccccc1)N1CCCN(CC=Cc2ccccc2)CC1. The normalized spacial score (nSPS) is 15.9. The number of nitrogens with one attached hydrogen (secondary N) is 1. The zero-order chi connectivity index (χ0) is 17.3. The summed E-state index contributed by atoms with van der Waals surface area (Å²) in [6.45, 7) is 4.41. The monoisotopic (exact) mass is 335 g/mol. The molecule has 1 saturated heterocycles. The van der Waals surface area contributed by atoms with E-state index < -0.39 is 0 Å². The highest BCUT2D eigenvalue weighted by Gasteiger charge is 2.18. The molecule has 0 unspecified atom stereocenters. The molecule has 0 radical (unpaired) electrons. The van der Waals surface area contributed by atoms with Crippen LogP contribution in [0, 0.1) is 0 Å². The summed E-state index contributed by atoms with van der Waals surface area (Å²) in [6, 6.07) is 20.0. The van der Waals surface area contributed by atoms with E-state index in [0.29, 0.717) is 0 Å². The fourth-order valence-electron chi connectivity index (χ4n) is 2.98. The Kier molecular flexibility index (Phi) is 6.23. The van der Waals surface area contributed by atoms with Crippen molar-refractivity contribution in [2.45, 2.75) is 6.42 Å². The number of rotatable bonds is 4. The molecule has 130 valence electrons. The molecule has 2 amide bonds. The average Bonchev–Trinajstić information content (AvgIpc) is 2.89. The van der Waals surface area contributed by atoms with Gasteiger partial charge in [-0.2, -0.15) is 0 Å². The fourth-order valence-corrected chi connectivity index (χ4v) is 2.98. The molecule has 0 spiro atoms. The van der Waals surface area contributed by atoms with Crippen LogP contribution in [-0.4, -0.2) is 48.6 Å². The first-order chi connectivity index (χ1) is 12.3. The summed E-state index contributed by atoms with van der Waals surface area (Å²) in [7, 11) is 0. The van der Waals surface area contributed by atoms with Crippen molar-refractivity contribution >= 4 is 17.8 Å². The van der Waals surface area contributed by atoms with Gasteiger partial charge in [0.1, 0.15) is 0 Å². The molecule has 1 N–H and O–H groups in total. The van der Waals surface area contributed by atoms with E-state index in [9.17, 15) is 4.79 Å². The van der Waals surface area contributed by atoms with Crippen molar-refractivity contribution in [3.05, 3.63) is 72.3 Å². The molecule has 1 fully saturated rings. The Morgan fingerprint density at radius 1 is 0.920 bits per heavy atom. The third-order valence-electron chi connectivity index (χ3n) is 4.37. The second-order valence-corrected chi connectivity index (χ2v) is 6.25. The van der Waals surface area contributed by atoms with Gasteiger partial charge in [-0.05, 0) is 24.1 Å². The first-order valence-corrected chi connectivity index (χ1v) is 8.86. The van der Waals surface area contributed by atoms with E-state index in [1.807, 2.05) is 41.3 Å². The van der Waals surface area contributed by atoms with Crippen molar-refractivity contribution in [2.75, 3.05) is 38.0 Å². The topological polar surface area (TPSA) is 35.6 Å². The molecular formula is C21H25N3O. The minimum Gasteiger partial charge on any atom is -0.323 e. The van der Waals surface area contributed by atoms with Crippen LogP contribution in [0.25, 0.3) is 6.08 Å². The first kappa shape index (κ1) is 17.2. The zero-order valence-electron chi connectivity index (χ0n) is 14.5. The summed E-state index contributed by atoms with van der Waals surface area (Å²) >= 11 is 0. The maximum Gasteiger partial charge on any atom is 0.321 e. The largest absolute Gasteiger partial charge is 0.323 e. The van der Waals surface area contributed by atoms with E-state index in [1.54, 1.807) is 0 Å². The standard InChI is InChI=1S/C21H25N3O/c25-21(22-20-12-5-2-6-13-20)24-16-8-15-23(17-18-24)14-7-11-19-9-3-1-4-10-19/h1-7,9-13H,8,14-18H2,(H,22,25). The molecule has 4 heteroatoms. The number of hydrogen-bond acceptors (Lipinski definition) is 2. The number of carbonyl (C=O) groups is 1. The quantitative estimate of drug-likeness (QED) is 0.918. The number of para-hydroxylation sites is 1. The lowest BCUT2D eigenvalue weighted by Crippen LogP contribution is -2.38. The smallest absolute Gasteiger partial charge is 0.321 e. The lowest BCUT2D eigenvalue weighted by molar-refractivity contribution is 0.212. The van der Waals surface area contributed by atoms with E-state index in [1.165, 1.54) is 5.56 Å².